The summed E-state index contributed by atoms with van der Waals surface area (Å²) in [5.74, 6) is -0.0138. The van der Waals surface area contributed by atoms with Crippen LogP contribution >= 0.6 is 12.2 Å². The summed E-state index contributed by atoms with van der Waals surface area (Å²) in [7, 11) is 0. The van der Waals surface area contributed by atoms with Gasteiger partial charge in [0.25, 0.3) is 0 Å². The fourth-order valence-corrected chi connectivity index (χ4v) is 4.46. The van der Waals surface area contributed by atoms with Gasteiger partial charge in [-0.05, 0) is 58.9 Å². The van der Waals surface area contributed by atoms with Crippen LogP contribution in [0.3, 0.4) is 0 Å². The second kappa shape index (κ2) is 10.9. The largest absolute Gasteiger partial charge is 0.352 e. The lowest BCUT2D eigenvalue weighted by atomic mass is 9.86. The minimum atomic E-state index is -0.0986. The van der Waals surface area contributed by atoms with E-state index < -0.39 is 0 Å². The number of benzene rings is 4. The van der Waals surface area contributed by atoms with Crippen molar-refractivity contribution < 1.29 is 4.79 Å². The third-order valence-corrected chi connectivity index (χ3v) is 6.52. The Morgan fingerprint density at radius 1 is 0.778 bits per heavy atom. The van der Waals surface area contributed by atoms with Crippen molar-refractivity contribution in [3.63, 3.8) is 0 Å². The van der Waals surface area contributed by atoms with Crippen molar-refractivity contribution in [2.24, 2.45) is 0 Å². The van der Waals surface area contributed by atoms with Crippen molar-refractivity contribution in [1.29, 1.82) is 0 Å². The summed E-state index contributed by atoms with van der Waals surface area (Å²) in [5.41, 5.74) is 6.77. The van der Waals surface area contributed by atoms with E-state index in [0.29, 0.717) is 16.2 Å². The molecule has 0 spiro atoms. The van der Waals surface area contributed by atoms with E-state index in [1.165, 1.54) is 11.1 Å². The van der Waals surface area contributed by atoms with Crippen molar-refractivity contribution in [3.05, 3.63) is 137 Å². The molecule has 1 atom stereocenters. The number of ketones is 1. The minimum absolute atomic E-state index is 0.0138. The molecule has 4 heteroatoms. The van der Waals surface area contributed by atoms with Crippen LogP contribution in [-0.4, -0.2) is 10.9 Å². The standard InChI is InChI=1S/C32H32N2OS/c1-22-11-8-9-16-28(22)29(23-12-6-5-7-13-23)34-31(36)33-27-15-10-14-25(21-27)30(35)24-17-19-26(20-18-24)32(2,3)4/h5-21,29H,1-4H3,(H2,33,34,36). The number of nitrogens with one attached hydrogen (secondary N) is 2. The van der Waals surface area contributed by atoms with E-state index in [4.69, 9.17) is 12.2 Å². The average Bonchev–Trinajstić information content (AvgIpc) is 2.87. The van der Waals surface area contributed by atoms with Crippen LogP contribution in [0.25, 0.3) is 0 Å². The first-order valence-electron chi connectivity index (χ1n) is 12.2. The normalized spacial score (nSPS) is 12.0. The zero-order valence-corrected chi connectivity index (χ0v) is 22.0. The molecule has 4 rings (SSSR count). The smallest absolute Gasteiger partial charge is 0.193 e. The number of hydrogen-bond acceptors (Lipinski definition) is 2. The molecule has 0 aliphatic heterocycles. The summed E-state index contributed by atoms with van der Waals surface area (Å²) in [6.07, 6.45) is 0. The molecule has 0 heterocycles. The van der Waals surface area contributed by atoms with Crippen molar-refractivity contribution >= 4 is 28.8 Å². The first-order chi connectivity index (χ1) is 17.2. The molecule has 0 saturated carbocycles. The van der Waals surface area contributed by atoms with E-state index in [1.54, 1.807) is 0 Å². The van der Waals surface area contributed by atoms with E-state index in [1.807, 2.05) is 78.9 Å². The van der Waals surface area contributed by atoms with Crippen LogP contribution in [0.5, 0.6) is 0 Å². The number of carbonyl (C=O) groups excluding carboxylic acids is 1. The average molecular weight is 493 g/mol. The molecule has 0 bridgehead atoms. The van der Waals surface area contributed by atoms with Gasteiger partial charge in [-0.1, -0.05) is 112 Å². The second-order valence-corrected chi connectivity index (χ2v) is 10.4. The zero-order valence-electron chi connectivity index (χ0n) is 21.2. The van der Waals surface area contributed by atoms with Gasteiger partial charge in [0.15, 0.2) is 10.9 Å². The predicted octanol–water partition coefficient (Wildman–Crippen LogP) is 7.60. The van der Waals surface area contributed by atoms with Crippen LogP contribution in [0, 0.1) is 6.92 Å². The number of rotatable bonds is 6. The lowest BCUT2D eigenvalue weighted by Crippen LogP contribution is -2.33. The molecular weight excluding hydrogens is 460 g/mol. The Morgan fingerprint density at radius 2 is 1.44 bits per heavy atom. The van der Waals surface area contributed by atoms with Crippen LogP contribution in [0.15, 0.2) is 103 Å². The van der Waals surface area contributed by atoms with Gasteiger partial charge in [-0.2, -0.15) is 0 Å². The molecule has 3 nitrogen and oxygen atoms in total. The highest BCUT2D eigenvalue weighted by molar-refractivity contribution is 7.80. The topological polar surface area (TPSA) is 41.1 Å². The number of anilines is 1. The van der Waals surface area contributed by atoms with Gasteiger partial charge in [0, 0.05) is 16.8 Å². The highest BCUT2D eigenvalue weighted by atomic mass is 32.1. The fourth-order valence-electron chi connectivity index (χ4n) is 4.22. The quantitative estimate of drug-likeness (QED) is 0.215. The van der Waals surface area contributed by atoms with Crippen LogP contribution in [0.4, 0.5) is 5.69 Å². The predicted molar refractivity (Wildman–Crippen MR) is 154 cm³/mol. The Kier molecular flexibility index (Phi) is 7.66. The third kappa shape index (κ3) is 6.07. The molecule has 0 aliphatic carbocycles. The van der Waals surface area contributed by atoms with E-state index in [2.05, 4.69) is 62.6 Å². The highest BCUT2D eigenvalue weighted by Gasteiger charge is 2.18. The lowest BCUT2D eigenvalue weighted by Gasteiger charge is -2.23. The van der Waals surface area contributed by atoms with Gasteiger partial charge in [-0.25, -0.2) is 0 Å². The first kappa shape index (κ1) is 25.3. The summed E-state index contributed by atoms with van der Waals surface area (Å²) in [6, 6.07) is 33.8. The summed E-state index contributed by atoms with van der Waals surface area (Å²) < 4.78 is 0. The SMILES string of the molecule is Cc1ccccc1C(NC(=S)Nc1cccc(C(=O)c2ccc(C(C)(C)C)cc2)c1)c1ccccc1. The molecular formula is C32H32N2OS. The Bertz CT molecular complexity index is 1360. The number of hydrogen-bond donors (Lipinski definition) is 2. The highest BCUT2D eigenvalue weighted by Crippen LogP contribution is 2.26. The van der Waals surface area contributed by atoms with Gasteiger partial charge in [0.1, 0.15) is 0 Å². The van der Waals surface area contributed by atoms with E-state index in [9.17, 15) is 4.79 Å². The molecule has 1 unspecified atom stereocenters. The number of aryl methyl sites for hydroxylation is 1. The minimum Gasteiger partial charge on any atom is -0.352 e. The van der Waals surface area contributed by atoms with Gasteiger partial charge in [-0.3, -0.25) is 4.79 Å². The molecule has 0 amide bonds. The summed E-state index contributed by atoms with van der Waals surface area (Å²) in [5, 5.41) is 7.24. The molecule has 0 aromatic heterocycles. The number of carbonyl (C=O) groups is 1. The van der Waals surface area contributed by atoms with Crippen molar-refractivity contribution in [1.82, 2.24) is 5.32 Å². The maximum Gasteiger partial charge on any atom is 0.193 e. The summed E-state index contributed by atoms with van der Waals surface area (Å²) >= 11 is 5.70. The van der Waals surface area contributed by atoms with Gasteiger partial charge in [0.05, 0.1) is 6.04 Å². The van der Waals surface area contributed by atoms with Gasteiger partial charge >= 0.3 is 0 Å². The van der Waals surface area contributed by atoms with Crippen LogP contribution in [-0.2, 0) is 5.41 Å². The second-order valence-electron chi connectivity index (χ2n) is 10.0. The maximum absolute atomic E-state index is 13.2. The summed E-state index contributed by atoms with van der Waals surface area (Å²) in [6.45, 7) is 8.60. The molecule has 182 valence electrons. The molecule has 4 aromatic rings. The Labute approximate surface area is 219 Å². The van der Waals surface area contributed by atoms with Gasteiger partial charge in [0.2, 0.25) is 0 Å². The molecule has 0 radical (unpaired) electrons. The van der Waals surface area contributed by atoms with E-state index in [-0.39, 0.29) is 17.2 Å². The molecule has 2 N–H and O–H groups in total. The molecule has 0 fully saturated rings. The van der Waals surface area contributed by atoms with Crippen LogP contribution < -0.4 is 10.6 Å². The third-order valence-electron chi connectivity index (χ3n) is 6.30. The molecule has 0 saturated heterocycles. The monoisotopic (exact) mass is 492 g/mol. The number of thiocarbonyl (C=S) groups is 1. The molecule has 0 aliphatic rings. The van der Waals surface area contributed by atoms with E-state index >= 15 is 0 Å². The van der Waals surface area contributed by atoms with Gasteiger partial charge < -0.3 is 10.6 Å². The maximum atomic E-state index is 13.2. The zero-order chi connectivity index (χ0) is 25.7. The Balaban J connectivity index is 1.52. The van der Waals surface area contributed by atoms with Crippen LogP contribution in [0.1, 0.15) is 65.0 Å². The van der Waals surface area contributed by atoms with Crippen LogP contribution in [0.2, 0.25) is 0 Å². The first-order valence-corrected chi connectivity index (χ1v) is 12.6. The Morgan fingerprint density at radius 3 is 2.11 bits per heavy atom. The fraction of sp³-hybridized carbons (Fsp3) is 0.188. The van der Waals surface area contributed by atoms with Gasteiger partial charge in [-0.15, -0.1) is 0 Å². The van der Waals surface area contributed by atoms with Crippen molar-refractivity contribution in [2.45, 2.75) is 39.2 Å². The Hall–Kier alpha value is -3.76. The molecule has 4 aromatic carbocycles. The lowest BCUT2D eigenvalue weighted by molar-refractivity contribution is 0.103. The molecule has 36 heavy (non-hydrogen) atoms. The van der Waals surface area contributed by atoms with Crippen molar-refractivity contribution in [3.8, 4) is 0 Å². The van der Waals surface area contributed by atoms with Crippen molar-refractivity contribution in [2.75, 3.05) is 5.32 Å². The van der Waals surface area contributed by atoms with E-state index in [0.717, 1.165) is 16.8 Å². The summed E-state index contributed by atoms with van der Waals surface area (Å²) in [4.78, 5) is 13.2.